The summed E-state index contributed by atoms with van der Waals surface area (Å²) in [6, 6.07) is 0. The van der Waals surface area contributed by atoms with Gasteiger partial charge in [-0.2, -0.15) is 4.98 Å². The van der Waals surface area contributed by atoms with Crippen LogP contribution in [0.25, 0.3) is 11.2 Å². The lowest BCUT2D eigenvalue weighted by molar-refractivity contribution is -0.129. The molecule has 25 heavy (non-hydrogen) atoms. The highest BCUT2D eigenvalue weighted by Gasteiger charge is 2.25. The molecule has 1 N–H and O–H groups in total. The molecule has 1 saturated heterocycles. The normalized spacial score (nSPS) is 15.2. The van der Waals surface area contributed by atoms with Gasteiger partial charge in [-0.3, -0.25) is 19.1 Å². The zero-order chi connectivity index (χ0) is 18.1. The van der Waals surface area contributed by atoms with Gasteiger partial charge in [-0.05, 0) is 0 Å². The van der Waals surface area contributed by atoms with Gasteiger partial charge in [-0.15, -0.1) is 0 Å². The van der Waals surface area contributed by atoms with Crippen LogP contribution in [-0.2, 0) is 23.1 Å². The highest BCUT2D eigenvalue weighted by molar-refractivity contribution is 5.75. The number of hydrogen-bond acceptors (Lipinski definition) is 6. The molecule has 0 atom stereocenters. The summed E-state index contributed by atoms with van der Waals surface area (Å²) >= 11 is 0. The van der Waals surface area contributed by atoms with Crippen LogP contribution >= 0.6 is 0 Å². The second kappa shape index (κ2) is 6.71. The van der Waals surface area contributed by atoms with E-state index in [-0.39, 0.29) is 5.91 Å². The number of H-pyrrole nitrogens is 1. The lowest BCUT2D eigenvalue weighted by atomic mass is 10.3. The first-order valence-corrected chi connectivity index (χ1v) is 8.13. The lowest BCUT2D eigenvalue weighted by Gasteiger charge is -2.34. The highest BCUT2D eigenvalue weighted by atomic mass is 16.5. The molecule has 0 aliphatic carbocycles. The lowest BCUT2D eigenvalue weighted by Crippen LogP contribution is -2.49. The fraction of sp³-hybridized carbons (Fsp3) is 0.600. The number of aromatic nitrogens is 4. The zero-order valence-electron chi connectivity index (χ0n) is 14.6. The molecule has 3 rings (SSSR count). The molecule has 1 aliphatic rings. The number of piperazine rings is 1. The molecular weight excluding hydrogens is 328 g/mol. The molecule has 1 fully saturated rings. The van der Waals surface area contributed by atoms with Crippen molar-refractivity contribution in [2.24, 2.45) is 7.05 Å². The number of carbonyl (C=O) groups is 1. The van der Waals surface area contributed by atoms with Crippen molar-refractivity contribution < 1.29 is 9.53 Å². The number of fused-ring (bicyclic) bond motifs is 1. The molecule has 0 bridgehead atoms. The maximum Gasteiger partial charge on any atom is 0.329 e. The molecule has 3 heterocycles. The summed E-state index contributed by atoms with van der Waals surface area (Å²) in [5.74, 6) is 0.660. The number of anilines is 1. The van der Waals surface area contributed by atoms with E-state index in [1.165, 1.54) is 4.57 Å². The maximum absolute atomic E-state index is 12.3. The number of aromatic amines is 1. The molecule has 0 aromatic carbocycles. The standard InChI is InChI=1S/C15H22N6O4/c1-10(22)19-4-6-20(7-5-19)14-16-12-11(21(14)8-9-25-3)13(23)17-15(24)18(12)2/h4-9H2,1-3H3,(H,17,23,24). The third-order valence-corrected chi connectivity index (χ3v) is 4.51. The summed E-state index contributed by atoms with van der Waals surface area (Å²) in [6.45, 7) is 4.82. The Morgan fingerprint density at radius 1 is 1.24 bits per heavy atom. The SMILES string of the molecule is COCCn1c(N2CCN(C(C)=O)CC2)nc2c1c(=O)[nH]c(=O)n2C. The molecule has 0 spiro atoms. The predicted octanol–water partition coefficient (Wildman–Crippen LogP) is -1.26. The van der Waals surface area contributed by atoms with Crippen LogP contribution < -0.4 is 16.1 Å². The first kappa shape index (κ1) is 17.2. The average molecular weight is 350 g/mol. The fourth-order valence-corrected chi connectivity index (χ4v) is 3.08. The van der Waals surface area contributed by atoms with Crippen LogP contribution in [0.1, 0.15) is 6.92 Å². The van der Waals surface area contributed by atoms with Gasteiger partial charge in [0.15, 0.2) is 11.2 Å². The highest BCUT2D eigenvalue weighted by Crippen LogP contribution is 2.20. The van der Waals surface area contributed by atoms with E-state index in [0.29, 0.717) is 56.4 Å². The Bertz CT molecular complexity index is 903. The van der Waals surface area contributed by atoms with Crippen molar-refractivity contribution >= 4 is 23.0 Å². The summed E-state index contributed by atoms with van der Waals surface area (Å²) in [7, 11) is 3.16. The van der Waals surface area contributed by atoms with Gasteiger partial charge in [0.25, 0.3) is 5.56 Å². The van der Waals surface area contributed by atoms with E-state index >= 15 is 0 Å². The van der Waals surface area contributed by atoms with Crippen molar-refractivity contribution in [1.82, 2.24) is 24.0 Å². The van der Waals surface area contributed by atoms with E-state index in [4.69, 9.17) is 4.74 Å². The monoisotopic (exact) mass is 350 g/mol. The Balaban J connectivity index is 2.07. The second-order valence-electron chi connectivity index (χ2n) is 6.04. The van der Waals surface area contributed by atoms with Crippen LogP contribution in [0.15, 0.2) is 9.59 Å². The van der Waals surface area contributed by atoms with Gasteiger partial charge in [0.1, 0.15) is 0 Å². The van der Waals surface area contributed by atoms with Crippen molar-refractivity contribution in [3.05, 3.63) is 20.8 Å². The Hall–Kier alpha value is -2.62. The van der Waals surface area contributed by atoms with Gasteiger partial charge in [0, 0.05) is 53.8 Å². The molecule has 10 heteroatoms. The average Bonchev–Trinajstić information content (AvgIpc) is 2.98. The molecule has 0 unspecified atom stereocenters. The van der Waals surface area contributed by atoms with Gasteiger partial charge in [0.2, 0.25) is 11.9 Å². The van der Waals surface area contributed by atoms with Crippen molar-refractivity contribution in [1.29, 1.82) is 0 Å². The summed E-state index contributed by atoms with van der Waals surface area (Å²) in [4.78, 5) is 46.4. The summed E-state index contributed by atoms with van der Waals surface area (Å²) in [5.41, 5.74) is -0.269. The molecule has 1 aliphatic heterocycles. The predicted molar refractivity (Wildman–Crippen MR) is 91.9 cm³/mol. The summed E-state index contributed by atoms with van der Waals surface area (Å²) in [6.07, 6.45) is 0. The minimum Gasteiger partial charge on any atom is -0.383 e. The van der Waals surface area contributed by atoms with Gasteiger partial charge in [0.05, 0.1) is 6.61 Å². The largest absolute Gasteiger partial charge is 0.383 e. The maximum atomic E-state index is 12.3. The third kappa shape index (κ3) is 3.04. The van der Waals surface area contributed by atoms with Gasteiger partial charge in [-0.25, -0.2) is 4.79 Å². The minimum absolute atomic E-state index is 0.0476. The second-order valence-corrected chi connectivity index (χ2v) is 6.04. The van der Waals surface area contributed by atoms with Crippen LogP contribution in [0.4, 0.5) is 5.95 Å². The van der Waals surface area contributed by atoms with E-state index in [2.05, 4.69) is 9.97 Å². The number of imidazole rings is 1. The Morgan fingerprint density at radius 3 is 2.52 bits per heavy atom. The number of amides is 1. The molecular formula is C15H22N6O4. The number of carbonyl (C=O) groups excluding carboxylic acids is 1. The molecule has 1 amide bonds. The quantitative estimate of drug-likeness (QED) is 0.738. The molecule has 0 radical (unpaired) electrons. The first-order chi connectivity index (χ1) is 11.9. The summed E-state index contributed by atoms with van der Waals surface area (Å²) in [5, 5.41) is 0. The first-order valence-electron chi connectivity index (χ1n) is 8.13. The van der Waals surface area contributed by atoms with E-state index in [0.717, 1.165) is 0 Å². The topological polar surface area (TPSA) is 105 Å². The molecule has 0 saturated carbocycles. The van der Waals surface area contributed by atoms with Crippen molar-refractivity contribution in [2.75, 3.05) is 44.8 Å². The van der Waals surface area contributed by atoms with E-state index < -0.39 is 11.2 Å². The van der Waals surface area contributed by atoms with Crippen LogP contribution in [-0.4, -0.2) is 69.8 Å². The van der Waals surface area contributed by atoms with Crippen molar-refractivity contribution in [3.8, 4) is 0 Å². The van der Waals surface area contributed by atoms with Crippen LogP contribution in [0.3, 0.4) is 0 Å². The van der Waals surface area contributed by atoms with Crippen LogP contribution in [0.2, 0.25) is 0 Å². The van der Waals surface area contributed by atoms with Crippen molar-refractivity contribution in [2.45, 2.75) is 13.5 Å². The molecule has 136 valence electrons. The number of nitrogens with zero attached hydrogens (tertiary/aromatic N) is 5. The van der Waals surface area contributed by atoms with Crippen molar-refractivity contribution in [3.63, 3.8) is 0 Å². The molecule has 10 nitrogen and oxygen atoms in total. The van der Waals surface area contributed by atoms with Crippen LogP contribution in [0.5, 0.6) is 0 Å². The number of rotatable bonds is 4. The van der Waals surface area contributed by atoms with Gasteiger partial charge >= 0.3 is 5.69 Å². The van der Waals surface area contributed by atoms with E-state index in [1.54, 1.807) is 30.5 Å². The number of nitrogens with one attached hydrogen (secondary N) is 1. The van der Waals surface area contributed by atoms with Gasteiger partial charge < -0.3 is 19.1 Å². The third-order valence-electron chi connectivity index (χ3n) is 4.51. The molecule has 2 aromatic heterocycles. The number of methoxy groups -OCH3 is 1. The fourth-order valence-electron chi connectivity index (χ4n) is 3.08. The minimum atomic E-state index is -0.498. The van der Waals surface area contributed by atoms with E-state index in [9.17, 15) is 14.4 Å². The molecule has 2 aromatic rings. The van der Waals surface area contributed by atoms with Crippen LogP contribution in [0, 0.1) is 0 Å². The Morgan fingerprint density at radius 2 is 1.92 bits per heavy atom. The summed E-state index contributed by atoms with van der Waals surface area (Å²) < 4.78 is 8.26. The number of hydrogen-bond donors (Lipinski definition) is 1. The number of ether oxygens (including phenoxy) is 1. The van der Waals surface area contributed by atoms with E-state index in [1.807, 2.05) is 4.90 Å². The Labute approximate surface area is 143 Å². The Kier molecular flexibility index (Phi) is 4.62. The number of aryl methyl sites for hydroxylation is 1. The zero-order valence-corrected chi connectivity index (χ0v) is 14.6. The smallest absolute Gasteiger partial charge is 0.329 e. The van der Waals surface area contributed by atoms with Gasteiger partial charge in [-0.1, -0.05) is 0 Å².